The number of nitrogens with zero attached hydrogens (tertiary/aromatic N) is 1. The van der Waals surface area contributed by atoms with E-state index in [9.17, 15) is 0 Å². The molecule has 0 aliphatic carbocycles. The Morgan fingerprint density at radius 1 is 0.917 bits per heavy atom. The minimum absolute atomic E-state index is 0.349. The Hall–Kier alpha value is -1.07. The molecule has 3 rings (SSSR count). The quantitative estimate of drug-likeness (QED) is 0.574. The Bertz CT molecular complexity index is 762. The van der Waals surface area contributed by atoms with E-state index in [-0.39, 0.29) is 0 Å². The Morgan fingerprint density at radius 2 is 1.46 bits per heavy atom. The second-order valence-electron chi connectivity index (χ2n) is 7.06. The number of pyridine rings is 1. The van der Waals surface area contributed by atoms with E-state index in [0.717, 1.165) is 22.2 Å². The van der Waals surface area contributed by atoms with Crippen LogP contribution >= 0.6 is 23.2 Å². The van der Waals surface area contributed by atoms with Crippen LogP contribution in [0.3, 0.4) is 0 Å². The molecule has 3 nitrogen and oxygen atoms in total. The number of halogens is 2. The standard InChI is InChI=1S/C18H20BCl2NO2/c1-11-14(19-23-17(2,3)18(4,5)24-19)13(16(21)22-15(11)20)12-9-7-6-8-10-12/h6-10H,1-5H3. The van der Waals surface area contributed by atoms with Crippen molar-refractivity contribution in [3.05, 3.63) is 46.2 Å². The van der Waals surface area contributed by atoms with E-state index in [4.69, 9.17) is 32.5 Å². The Kier molecular flexibility index (Phi) is 4.46. The molecule has 1 aromatic carbocycles. The zero-order valence-electron chi connectivity index (χ0n) is 14.5. The van der Waals surface area contributed by atoms with Gasteiger partial charge in [-0.05, 0) is 51.2 Å². The first kappa shape index (κ1) is 17.7. The molecule has 1 aliphatic rings. The van der Waals surface area contributed by atoms with Crippen molar-refractivity contribution >= 4 is 35.8 Å². The van der Waals surface area contributed by atoms with Crippen LogP contribution in [-0.2, 0) is 9.31 Å². The highest BCUT2D eigenvalue weighted by Crippen LogP contribution is 2.39. The van der Waals surface area contributed by atoms with Crippen molar-refractivity contribution in [2.45, 2.75) is 45.8 Å². The smallest absolute Gasteiger partial charge is 0.399 e. The number of hydrogen-bond acceptors (Lipinski definition) is 3. The summed E-state index contributed by atoms with van der Waals surface area (Å²) in [5.74, 6) is 0. The third kappa shape index (κ3) is 2.86. The molecular weight excluding hydrogens is 344 g/mol. The molecule has 1 aromatic heterocycles. The van der Waals surface area contributed by atoms with Crippen molar-refractivity contribution in [1.82, 2.24) is 4.98 Å². The van der Waals surface area contributed by atoms with Crippen molar-refractivity contribution in [2.75, 3.05) is 0 Å². The first-order valence-corrected chi connectivity index (χ1v) is 8.66. The Balaban J connectivity index is 2.21. The average molecular weight is 364 g/mol. The fraction of sp³-hybridized carbons (Fsp3) is 0.389. The van der Waals surface area contributed by atoms with Gasteiger partial charge < -0.3 is 9.31 Å². The molecule has 1 saturated heterocycles. The third-order valence-electron chi connectivity index (χ3n) is 4.94. The minimum atomic E-state index is -0.553. The van der Waals surface area contributed by atoms with Gasteiger partial charge in [-0.25, -0.2) is 4.98 Å². The second-order valence-corrected chi connectivity index (χ2v) is 7.78. The fourth-order valence-electron chi connectivity index (χ4n) is 2.77. The molecular formula is C18H20BCl2NO2. The van der Waals surface area contributed by atoms with Crippen LogP contribution in [0.1, 0.15) is 33.3 Å². The van der Waals surface area contributed by atoms with Gasteiger partial charge in [0.05, 0.1) is 11.2 Å². The SMILES string of the molecule is Cc1c(Cl)nc(Cl)c(-c2ccccc2)c1B1OC(C)(C)C(C)(C)O1. The summed E-state index contributed by atoms with van der Waals surface area (Å²) in [4.78, 5) is 4.27. The molecule has 0 saturated carbocycles. The van der Waals surface area contributed by atoms with E-state index < -0.39 is 18.3 Å². The second kappa shape index (κ2) is 6.03. The normalized spacial score (nSPS) is 18.9. The zero-order chi connectivity index (χ0) is 17.7. The van der Waals surface area contributed by atoms with Gasteiger partial charge in [-0.2, -0.15) is 0 Å². The van der Waals surface area contributed by atoms with Gasteiger partial charge in [0.15, 0.2) is 0 Å². The lowest BCUT2D eigenvalue weighted by Crippen LogP contribution is -2.41. The Labute approximate surface area is 153 Å². The molecule has 2 heterocycles. The van der Waals surface area contributed by atoms with Crippen LogP contribution in [0.2, 0.25) is 10.3 Å². The van der Waals surface area contributed by atoms with Crippen molar-refractivity contribution in [3.63, 3.8) is 0 Å². The van der Waals surface area contributed by atoms with E-state index in [1.54, 1.807) is 0 Å². The van der Waals surface area contributed by atoms with Gasteiger partial charge in [-0.1, -0.05) is 53.5 Å². The van der Waals surface area contributed by atoms with Gasteiger partial charge in [0.2, 0.25) is 0 Å². The lowest BCUT2D eigenvalue weighted by atomic mass is 9.72. The van der Waals surface area contributed by atoms with Crippen LogP contribution < -0.4 is 5.46 Å². The average Bonchev–Trinajstić information content (AvgIpc) is 2.71. The summed E-state index contributed by atoms with van der Waals surface area (Å²) < 4.78 is 12.5. The van der Waals surface area contributed by atoms with Gasteiger partial charge in [0.25, 0.3) is 0 Å². The van der Waals surface area contributed by atoms with Crippen LogP contribution in [-0.4, -0.2) is 23.3 Å². The molecule has 0 N–H and O–H groups in total. The summed E-state index contributed by atoms with van der Waals surface area (Å²) in [7, 11) is -0.553. The molecule has 1 aliphatic heterocycles. The maximum atomic E-state index is 6.46. The largest absolute Gasteiger partial charge is 0.495 e. The van der Waals surface area contributed by atoms with Gasteiger partial charge in [0, 0.05) is 5.56 Å². The fourth-order valence-corrected chi connectivity index (χ4v) is 3.30. The number of benzene rings is 1. The highest BCUT2D eigenvalue weighted by Gasteiger charge is 2.53. The van der Waals surface area contributed by atoms with Gasteiger partial charge >= 0.3 is 7.12 Å². The molecule has 126 valence electrons. The molecule has 24 heavy (non-hydrogen) atoms. The van der Waals surface area contributed by atoms with Gasteiger partial charge in [-0.15, -0.1) is 0 Å². The molecule has 0 amide bonds. The van der Waals surface area contributed by atoms with Crippen LogP contribution in [0.25, 0.3) is 11.1 Å². The molecule has 0 unspecified atom stereocenters. The minimum Gasteiger partial charge on any atom is -0.399 e. The van der Waals surface area contributed by atoms with E-state index in [2.05, 4.69) is 4.98 Å². The summed E-state index contributed by atoms with van der Waals surface area (Å²) >= 11 is 12.7. The van der Waals surface area contributed by atoms with Gasteiger partial charge in [-0.3, -0.25) is 0 Å². The summed E-state index contributed by atoms with van der Waals surface area (Å²) in [6.45, 7) is 10.0. The van der Waals surface area contributed by atoms with Crippen LogP contribution in [0, 0.1) is 6.92 Å². The summed E-state index contributed by atoms with van der Waals surface area (Å²) in [5.41, 5.74) is 2.53. The van der Waals surface area contributed by atoms with E-state index in [1.165, 1.54) is 0 Å². The van der Waals surface area contributed by atoms with Crippen LogP contribution in [0.15, 0.2) is 30.3 Å². The van der Waals surface area contributed by atoms with Crippen molar-refractivity contribution in [1.29, 1.82) is 0 Å². The third-order valence-corrected chi connectivity index (χ3v) is 5.58. The van der Waals surface area contributed by atoms with E-state index in [0.29, 0.717) is 10.3 Å². The number of hydrogen-bond donors (Lipinski definition) is 0. The summed E-state index contributed by atoms with van der Waals surface area (Å²) in [5, 5.41) is 0.714. The summed E-state index contributed by atoms with van der Waals surface area (Å²) in [6.07, 6.45) is 0. The van der Waals surface area contributed by atoms with Crippen molar-refractivity contribution in [3.8, 4) is 11.1 Å². The molecule has 1 fully saturated rings. The highest BCUT2D eigenvalue weighted by atomic mass is 35.5. The first-order chi connectivity index (χ1) is 11.1. The molecule has 2 aromatic rings. The predicted molar refractivity (Wildman–Crippen MR) is 100 cm³/mol. The number of aromatic nitrogens is 1. The predicted octanol–water partition coefficient (Wildman–Crippen LogP) is 4.66. The van der Waals surface area contributed by atoms with Crippen molar-refractivity contribution < 1.29 is 9.31 Å². The van der Waals surface area contributed by atoms with E-state index >= 15 is 0 Å². The highest BCUT2D eigenvalue weighted by molar-refractivity contribution is 6.65. The molecule has 0 bridgehead atoms. The van der Waals surface area contributed by atoms with Crippen molar-refractivity contribution in [2.24, 2.45) is 0 Å². The van der Waals surface area contributed by atoms with Gasteiger partial charge in [0.1, 0.15) is 10.3 Å². The molecule has 0 atom stereocenters. The monoisotopic (exact) mass is 363 g/mol. The van der Waals surface area contributed by atoms with E-state index in [1.807, 2.05) is 65.0 Å². The first-order valence-electron chi connectivity index (χ1n) is 7.90. The molecule has 0 spiro atoms. The molecule has 6 heteroatoms. The summed E-state index contributed by atoms with van der Waals surface area (Å²) in [6, 6.07) is 9.87. The lowest BCUT2D eigenvalue weighted by molar-refractivity contribution is 0.00578. The Morgan fingerprint density at radius 3 is 2.00 bits per heavy atom. The topological polar surface area (TPSA) is 31.4 Å². The van der Waals surface area contributed by atoms with Crippen LogP contribution in [0.4, 0.5) is 0 Å². The maximum Gasteiger partial charge on any atom is 0.495 e. The lowest BCUT2D eigenvalue weighted by Gasteiger charge is -2.32. The maximum absolute atomic E-state index is 6.46. The number of rotatable bonds is 2. The van der Waals surface area contributed by atoms with Crippen LogP contribution in [0.5, 0.6) is 0 Å². The zero-order valence-corrected chi connectivity index (χ0v) is 16.0. The molecule has 0 radical (unpaired) electrons.